The van der Waals surface area contributed by atoms with E-state index >= 15 is 0 Å². The Morgan fingerprint density at radius 2 is 2.00 bits per heavy atom. The predicted molar refractivity (Wildman–Crippen MR) is 54.9 cm³/mol. The van der Waals surface area contributed by atoms with Gasteiger partial charge in [-0.25, -0.2) is 4.79 Å². The fourth-order valence-electron chi connectivity index (χ4n) is 1.27. The first-order valence-corrected chi connectivity index (χ1v) is 4.68. The van der Waals surface area contributed by atoms with Gasteiger partial charge in [-0.2, -0.15) is 0 Å². The third kappa shape index (κ3) is 2.76. The van der Waals surface area contributed by atoms with Crippen LogP contribution in [-0.4, -0.2) is 6.09 Å². The highest BCUT2D eigenvalue weighted by Crippen LogP contribution is 2.17. The van der Waals surface area contributed by atoms with Gasteiger partial charge in [-0.15, -0.1) is 0 Å². The van der Waals surface area contributed by atoms with E-state index < -0.39 is 6.09 Å². The summed E-state index contributed by atoms with van der Waals surface area (Å²) < 4.78 is 4.85. The number of primary amides is 1. The Hall–Kier alpha value is -1.51. The molecule has 0 aliphatic heterocycles. The Morgan fingerprint density at radius 1 is 1.43 bits per heavy atom. The molecule has 0 saturated heterocycles. The minimum atomic E-state index is -0.739. The number of rotatable bonds is 3. The Kier molecular flexibility index (Phi) is 3.51. The highest BCUT2D eigenvalue weighted by Gasteiger charge is 2.07. The average Bonchev–Trinajstić information content (AvgIpc) is 2.17. The molecule has 1 aromatic carbocycles. The molecule has 0 spiro atoms. The van der Waals surface area contributed by atoms with Crippen LogP contribution in [0.4, 0.5) is 4.79 Å². The van der Waals surface area contributed by atoms with Gasteiger partial charge in [-0.05, 0) is 24.5 Å². The van der Waals surface area contributed by atoms with Gasteiger partial charge in [0.05, 0.1) is 0 Å². The molecular weight excluding hydrogens is 178 g/mol. The first-order chi connectivity index (χ1) is 6.63. The number of ether oxygens (including phenoxy) is 1. The molecule has 1 rings (SSSR count). The first kappa shape index (κ1) is 10.6. The molecular formula is C11H15NO2. The maximum absolute atomic E-state index is 10.5. The third-order valence-electron chi connectivity index (χ3n) is 2.15. The molecule has 0 saturated carbocycles. The Bertz CT molecular complexity index is 306. The summed E-state index contributed by atoms with van der Waals surface area (Å²) >= 11 is 0. The van der Waals surface area contributed by atoms with Crippen LogP contribution in [0.25, 0.3) is 0 Å². The third-order valence-corrected chi connectivity index (χ3v) is 2.15. The van der Waals surface area contributed by atoms with E-state index in [1.54, 1.807) is 6.92 Å². The van der Waals surface area contributed by atoms with Gasteiger partial charge in [0.15, 0.2) is 0 Å². The molecule has 0 bridgehead atoms. The molecule has 14 heavy (non-hydrogen) atoms. The molecule has 76 valence electrons. The highest BCUT2D eigenvalue weighted by molar-refractivity contribution is 5.65. The summed E-state index contributed by atoms with van der Waals surface area (Å²) in [6.07, 6.45) is -0.0128. The van der Waals surface area contributed by atoms with Crippen molar-refractivity contribution < 1.29 is 9.53 Å². The second-order valence-corrected chi connectivity index (χ2v) is 3.17. The highest BCUT2D eigenvalue weighted by atomic mass is 16.6. The Labute approximate surface area is 83.9 Å². The second-order valence-electron chi connectivity index (χ2n) is 3.17. The molecule has 3 nitrogen and oxygen atoms in total. The number of hydrogen-bond donors (Lipinski definition) is 1. The summed E-state index contributed by atoms with van der Waals surface area (Å²) in [6, 6.07) is 7.95. The van der Waals surface area contributed by atoms with Crippen molar-refractivity contribution in [2.45, 2.75) is 26.4 Å². The Morgan fingerprint density at radius 3 is 2.43 bits per heavy atom. The van der Waals surface area contributed by atoms with Crippen molar-refractivity contribution in [1.82, 2.24) is 0 Å². The molecule has 1 unspecified atom stereocenters. The number of hydrogen-bond acceptors (Lipinski definition) is 2. The molecule has 0 heterocycles. The fourth-order valence-corrected chi connectivity index (χ4v) is 1.27. The van der Waals surface area contributed by atoms with Gasteiger partial charge in [-0.1, -0.05) is 31.2 Å². The number of carbonyl (C=O) groups excluding carboxylic acids is 1. The van der Waals surface area contributed by atoms with Crippen molar-refractivity contribution in [1.29, 1.82) is 0 Å². The zero-order valence-electron chi connectivity index (χ0n) is 8.49. The smallest absolute Gasteiger partial charge is 0.405 e. The molecule has 1 aromatic rings. The van der Waals surface area contributed by atoms with Crippen LogP contribution in [0.2, 0.25) is 0 Å². The van der Waals surface area contributed by atoms with Crippen molar-refractivity contribution >= 4 is 6.09 Å². The van der Waals surface area contributed by atoms with E-state index in [1.807, 2.05) is 24.3 Å². The fraction of sp³-hybridized carbons (Fsp3) is 0.364. The van der Waals surface area contributed by atoms with Gasteiger partial charge >= 0.3 is 6.09 Å². The standard InChI is InChI=1S/C11H15NO2/c1-3-9-4-6-10(7-5-9)8(2)14-11(12)13/h4-8H,3H2,1-2H3,(H2,12,13). The summed E-state index contributed by atoms with van der Waals surface area (Å²) in [5.74, 6) is 0. The van der Waals surface area contributed by atoms with Gasteiger partial charge in [-0.3, -0.25) is 0 Å². The molecule has 2 N–H and O–H groups in total. The van der Waals surface area contributed by atoms with Crippen molar-refractivity contribution in [2.75, 3.05) is 0 Å². The van der Waals surface area contributed by atoms with E-state index in [-0.39, 0.29) is 6.10 Å². The molecule has 1 atom stereocenters. The summed E-state index contributed by atoms with van der Waals surface area (Å²) in [7, 11) is 0. The molecule has 0 aliphatic carbocycles. The van der Waals surface area contributed by atoms with Crippen LogP contribution in [-0.2, 0) is 11.2 Å². The lowest BCUT2D eigenvalue weighted by Gasteiger charge is -2.11. The summed E-state index contributed by atoms with van der Waals surface area (Å²) in [4.78, 5) is 10.5. The van der Waals surface area contributed by atoms with E-state index in [2.05, 4.69) is 6.92 Å². The number of aryl methyl sites for hydroxylation is 1. The van der Waals surface area contributed by atoms with Crippen molar-refractivity contribution in [2.24, 2.45) is 5.73 Å². The SMILES string of the molecule is CCc1ccc(C(C)OC(N)=O)cc1. The van der Waals surface area contributed by atoms with E-state index in [4.69, 9.17) is 10.5 Å². The summed E-state index contributed by atoms with van der Waals surface area (Å²) in [5, 5.41) is 0. The van der Waals surface area contributed by atoms with Crippen LogP contribution in [0.3, 0.4) is 0 Å². The van der Waals surface area contributed by atoms with Gasteiger partial charge in [0, 0.05) is 0 Å². The predicted octanol–water partition coefficient (Wildman–Crippen LogP) is 2.41. The topological polar surface area (TPSA) is 52.3 Å². The molecule has 0 radical (unpaired) electrons. The van der Waals surface area contributed by atoms with E-state index in [1.165, 1.54) is 5.56 Å². The van der Waals surface area contributed by atoms with Gasteiger partial charge in [0.25, 0.3) is 0 Å². The van der Waals surface area contributed by atoms with E-state index in [0.29, 0.717) is 0 Å². The zero-order valence-corrected chi connectivity index (χ0v) is 8.49. The van der Waals surface area contributed by atoms with Crippen molar-refractivity contribution in [3.63, 3.8) is 0 Å². The molecule has 0 aromatic heterocycles. The molecule has 0 fully saturated rings. The second kappa shape index (κ2) is 4.65. The average molecular weight is 193 g/mol. The first-order valence-electron chi connectivity index (χ1n) is 4.68. The summed E-state index contributed by atoms with van der Waals surface area (Å²) in [6.45, 7) is 3.89. The van der Waals surface area contributed by atoms with Crippen molar-refractivity contribution in [3.05, 3.63) is 35.4 Å². The van der Waals surface area contributed by atoms with Crippen LogP contribution in [0.5, 0.6) is 0 Å². The minimum Gasteiger partial charge on any atom is -0.442 e. The zero-order chi connectivity index (χ0) is 10.6. The maximum Gasteiger partial charge on any atom is 0.405 e. The van der Waals surface area contributed by atoms with Gasteiger partial charge in [0.1, 0.15) is 6.10 Å². The lowest BCUT2D eigenvalue weighted by molar-refractivity contribution is 0.116. The maximum atomic E-state index is 10.5. The largest absolute Gasteiger partial charge is 0.442 e. The number of carbonyl (C=O) groups is 1. The number of nitrogens with two attached hydrogens (primary N) is 1. The van der Waals surface area contributed by atoms with Crippen LogP contribution in [0.1, 0.15) is 31.1 Å². The number of amides is 1. The van der Waals surface area contributed by atoms with E-state index in [9.17, 15) is 4.79 Å². The summed E-state index contributed by atoms with van der Waals surface area (Å²) in [5.41, 5.74) is 7.15. The van der Waals surface area contributed by atoms with Crippen molar-refractivity contribution in [3.8, 4) is 0 Å². The molecule has 0 aliphatic rings. The lowest BCUT2D eigenvalue weighted by Crippen LogP contribution is -2.15. The number of benzene rings is 1. The van der Waals surface area contributed by atoms with Gasteiger partial charge in [0.2, 0.25) is 0 Å². The normalized spacial score (nSPS) is 12.1. The minimum absolute atomic E-state index is 0.279. The molecule has 3 heteroatoms. The lowest BCUT2D eigenvalue weighted by atomic mass is 10.1. The van der Waals surface area contributed by atoms with Crippen LogP contribution < -0.4 is 5.73 Å². The van der Waals surface area contributed by atoms with Crippen LogP contribution in [0, 0.1) is 0 Å². The quantitative estimate of drug-likeness (QED) is 0.801. The Balaban J connectivity index is 2.71. The van der Waals surface area contributed by atoms with Gasteiger partial charge < -0.3 is 10.5 Å². The monoisotopic (exact) mass is 193 g/mol. The van der Waals surface area contributed by atoms with Crippen LogP contribution >= 0.6 is 0 Å². The molecule has 1 amide bonds. The van der Waals surface area contributed by atoms with E-state index in [0.717, 1.165) is 12.0 Å². The van der Waals surface area contributed by atoms with Crippen LogP contribution in [0.15, 0.2) is 24.3 Å².